The highest BCUT2D eigenvalue weighted by Gasteiger charge is 2.70. The Balaban J connectivity index is 1.37. The number of hydrogen-bond donors (Lipinski definition) is 1. The highest BCUT2D eigenvalue weighted by atomic mass is 32.1. The Morgan fingerprint density at radius 3 is 2.38 bits per heavy atom. The third-order valence-electron chi connectivity index (χ3n) is 14.6. The first-order chi connectivity index (χ1) is 18.2. The van der Waals surface area contributed by atoms with Crippen molar-refractivity contribution >= 4 is 22.9 Å². The molecular weight excluding hydrogens is 496 g/mol. The van der Waals surface area contributed by atoms with Crippen molar-refractivity contribution in [2.45, 2.75) is 113 Å². The molecule has 39 heavy (non-hydrogen) atoms. The summed E-state index contributed by atoms with van der Waals surface area (Å²) in [5.41, 5.74) is 5.66. The molecule has 1 aromatic heterocycles. The van der Waals surface area contributed by atoms with Gasteiger partial charge in [-0.1, -0.05) is 66.2 Å². The molecule has 0 saturated heterocycles. The summed E-state index contributed by atoms with van der Waals surface area (Å²) in [5.74, 6) is 2.96. The van der Waals surface area contributed by atoms with E-state index in [0.29, 0.717) is 32.5 Å². The van der Waals surface area contributed by atoms with E-state index in [9.17, 15) is 9.90 Å². The van der Waals surface area contributed by atoms with Gasteiger partial charge in [0.15, 0.2) is 0 Å². The molecule has 2 nitrogen and oxygen atoms in total. The minimum atomic E-state index is -0.806. The summed E-state index contributed by atoms with van der Waals surface area (Å²) in [5, 5.41) is 11.6. The number of carbonyl (C=O) groups is 1. The summed E-state index contributed by atoms with van der Waals surface area (Å²) in [6.45, 7) is 22.4. The van der Waals surface area contributed by atoms with Gasteiger partial charge in [-0.3, -0.25) is 0 Å². The van der Waals surface area contributed by atoms with Crippen molar-refractivity contribution in [1.29, 1.82) is 0 Å². The molecule has 1 N–H and O–H groups in total. The first-order valence-corrected chi connectivity index (χ1v) is 16.8. The number of rotatable bonds is 4. The zero-order valence-corrected chi connectivity index (χ0v) is 26.5. The second-order valence-corrected chi connectivity index (χ2v) is 16.9. The van der Waals surface area contributed by atoms with Gasteiger partial charge in [-0.25, -0.2) is 4.79 Å². The number of hydrogen-bond acceptors (Lipinski definition) is 2. The van der Waals surface area contributed by atoms with Crippen molar-refractivity contribution in [3.8, 4) is 0 Å². The largest absolute Gasteiger partial charge is 0.477 e. The van der Waals surface area contributed by atoms with E-state index in [1.54, 1.807) is 0 Å². The smallest absolute Gasteiger partial charge is 0.345 e. The fourth-order valence-corrected chi connectivity index (χ4v) is 13.3. The molecule has 0 spiro atoms. The second kappa shape index (κ2) is 8.83. The molecule has 0 bridgehead atoms. The summed E-state index contributed by atoms with van der Waals surface area (Å²) in [6, 6.07) is 1.92. The van der Waals surface area contributed by atoms with E-state index < -0.39 is 5.97 Å². The predicted molar refractivity (Wildman–Crippen MR) is 164 cm³/mol. The number of allylic oxidation sites excluding steroid dienone is 3. The van der Waals surface area contributed by atoms with Crippen molar-refractivity contribution in [3.05, 3.63) is 40.1 Å². The Hall–Kier alpha value is -1.35. The quantitative estimate of drug-likeness (QED) is 0.380. The Morgan fingerprint density at radius 1 is 1.00 bits per heavy atom. The number of thiophene rings is 1. The molecule has 9 atom stereocenters. The molecule has 0 aromatic carbocycles. The van der Waals surface area contributed by atoms with E-state index in [4.69, 9.17) is 0 Å². The lowest BCUT2D eigenvalue weighted by Gasteiger charge is -2.72. The average molecular weight is 549 g/mol. The lowest BCUT2D eigenvalue weighted by atomic mass is 9.32. The summed E-state index contributed by atoms with van der Waals surface area (Å²) in [6.07, 6.45) is 16.1. The van der Waals surface area contributed by atoms with Crippen LogP contribution in [-0.2, 0) is 0 Å². The minimum absolute atomic E-state index is 0.0450. The monoisotopic (exact) mass is 548 g/mol. The molecule has 4 saturated carbocycles. The van der Waals surface area contributed by atoms with Gasteiger partial charge in [0.2, 0.25) is 0 Å². The van der Waals surface area contributed by atoms with Crippen LogP contribution in [0.1, 0.15) is 128 Å². The van der Waals surface area contributed by atoms with Crippen molar-refractivity contribution in [2.24, 2.45) is 56.7 Å². The lowest BCUT2D eigenvalue weighted by molar-refractivity contribution is -0.225. The van der Waals surface area contributed by atoms with E-state index in [-0.39, 0.29) is 5.41 Å². The SMILES string of the molecule is C=C(C)[C@@H]1CC[C@]2(CC)CC[C@]3(C)[C@H](CC[C@@H]4[C@@]5(C)CC=C(c6csc(C(=O)O)c6)C(C)(C)[C@@H]5CC[C@]43C)[C@@H]12. The van der Waals surface area contributed by atoms with Crippen LogP contribution in [0.2, 0.25) is 0 Å². The van der Waals surface area contributed by atoms with E-state index in [0.717, 1.165) is 35.7 Å². The maximum Gasteiger partial charge on any atom is 0.345 e. The van der Waals surface area contributed by atoms with Gasteiger partial charge in [-0.15, -0.1) is 11.3 Å². The summed E-state index contributed by atoms with van der Waals surface area (Å²) in [7, 11) is 0. The third-order valence-corrected chi connectivity index (χ3v) is 15.6. The molecular formula is C36H52O2S. The molecule has 214 valence electrons. The summed E-state index contributed by atoms with van der Waals surface area (Å²) < 4.78 is 0. The van der Waals surface area contributed by atoms with Crippen LogP contribution >= 0.6 is 11.3 Å². The predicted octanol–water partition coefficient (Wildman–Crippen LogP) is 10.5. The fourth-order valence-electron chi connectivity index (χ4n) is 12.6. The lowest BCUT2D eigenvalue weighted by Crippen LogP contribution is -2.65. The molecule has 5 aliphatic rings. The van der Waals surface area contributed by atoms with Crippen LogP contribution in [0.5, 0.6) is 0 Å². The van der Waals surface area contributed by atoms with Crippen LogP contribution in [0.25, 0.3) is 5.57 Å². The second-order valence-electron chi connectivity index (χ2n) is 16.0. The zero-order chi connectivity index (χ0) is 28.2. The van der Waals surface area contributed by atoms with E-state index in [1.165, 1.54) is 80.3 Å². The van der Waals surface area contributed by atoms with Crippen LogP contribution in [-0.4, -0.2) is 11.1 Å². The van der Waals surface area contributed by atoms with Gasteiger partial charge in [0.05, 0.1) is 0 Å². The highest BCUT2D eigenvalue weighted by molar-refractivity contribution is 7.12. The van der Waals surface area contributed by atoms with Crippen LogP contribution < -0.4 is 0 Å². The molecule has 3 heteroatoms. The first-order valence-electron chi connectivity index (χ1n) is 15.9. The topological polar surface area (TPSA) is 37.3 Å². The zero-order valence-electron chi connectivity index (χ0n) is 25.7. The highest BCUT2D eigenvalue weighted by Crippen LogP contribution is 2.78. The van der Waals surface area contributed by atoms with Crippen molar-refractivity contribution < 1.29 is 9.90 Å². The van der Waals surface area contributed by atoms with Crippen LogP contribution in [0.15, 0.2) is 29.7 Å². The molecule has 4 fully saturated rings. The average Bonchev–Trinajstić information content (AvgIpc) is 3.50. The van der Waals surface area contributed by atoms with E-state index >= 15 is 0 Å². The maximum atomic E-state index is 11.6. The van der Waals surface area contributed by atoms with Gasteiger partial charge in [0.25, 0.3) is 0 Å². The van der Waals surface area contributed by atoms with E-state index in [2.05, 4.69) is 66.5 Å². The molecule has 0 unspecified atom stereocenters. The van der Waals surface area contributed by atoms with Gasteiger partial charge in [0.1, 0.15) is 4.88 Å². The van der Waals surface area contributed by atoms with Crippen LogP contribution in [0.4, 0.5) is 0 Å². The molecule has 1 aromatic rings. The Bertz CT molecular complexity index is 1220. The number of carboxylic acid groups (broad SMARTS) is 1. The van der Waals surface area contributed by atoms with Crippen LogP contribution in [0.3, 0.4) is 0 Å². The standard InChI is InChI=1S/C36H52O2S/c1-9-36-17-12-24(22(2)3)30(36)26-10-11-29-33(6)15-13-25(23-20-27(31(37)38)39-21-23)32(4,5)28(33)14-16-35(29,8)34(26,7)18-19-36/h13,20-21,24,26,28-30H,2,9-12,14-19H2,1,3-8H3,(H,37,38)/t24-,26+,28-,29+,30+,33-,34+,35+,36+/m0/s1. The van der Waals surface area contributed by atoms with Gasteiger partial charge < -0.3 is 5.11 Å². The van der Waals surface area contributed by atoms with Crippen molar-refractivity contribution in [1.82, 2.24) is 0 Å². The Labute approximate surface area is 241 Å². The number of fused-ring (bicyclic) bond motifs is 7. The normalized spacial score (nSPS) is 46.3. The van der Waals surface area contributed by atoms with Crippen molar-refractivity contribution in [3.63, 3.8) is 0 Å². The summed E-state index contributed by atoms with van der Waals surface area (Å²) in [4.78, 5) is 12.1. The van der Waals surface area contributed by atoms with Gasteiger partial charge in [-0.2, -0.15) is 0 Å². The number of carboxylic acids is 1. The molecule has 5 aliphatic carbocycles. The molecule has 0 aliphatic heterocycles. The summed E-state index contributed by atoms with van der Waals surface area (Å²) >= 11 is 1.37. The molecule has 0 radical (unpaired) electrons. The molecule has 6 rings (SSSR count). The maximum absolute atomic E-state index is 11.6. The van der Waals surface area contributed by atoms with Gasteiger partial charge in [0, 0.05) is 0 Å². The van der Waals surface area contributed by atoms with Gasteiger partial charge in [-0.05, 0) is 144 Å². The van der Waals surface area contributed by atoms with E-state index in [1.807, 2.05) is 6.07 Å². The fraction of sp³-hybridized carbons (Fsp3) is 0.750. The number of aromatic carboxylic acids is 1. The Kier molecular flexibility index (Phi) is 6.29. The minimum Gasteiger partial charge on any atom is -0.477 e. The van der Waals surface area contributed by atoms with Gasteiger partial charge >= 0.3 is 5.97 Å². The molecule has 0 amide bonds. The third kappa shape index (κ3) is 3.53. The van der Waals surface area contributed by atoms with Crippen LogP contribution in [0, 0.1) is 56.7 Å². The molecule has 1 heterocycles. The Morgan fingerprint density at radius 2 is 1.74 bits per heavy atom. The van der Waals surface area contributed by atoms with Crippen molar-refractivity contribution in [2.75, 3.05) is 0 Å². The first kappa shape index (κ1) is 27.8.